The van der Waals surface area contributed by atoms with E-state index in [0.717, 1.165) is 0 Å². The number of likely N-dealkylation sites (N-methyl/N-ethyl adjacent to an activating group) is 1. The molecule has 2 N–H and O–H groups in total. The average Bonchev–Trinajstić information content (AvgIpc) is 2.59. The lowest BCUT2D eigenvalue weighted by Crippen LogP contribution is -2.40. The van der Waals surface area contributed by atoms with E-state index in [4.69, 9.17) is 4.74 Å². The van der Waals surface area contributed by atoms with Crippen molar-refractivity contribution in [3.63, 3.8) is 0 Å². The van der Waals surface area contributed by atoms with Gasteiger partial charge in [-0.25, -0.2) is 4.79 Å². The Labute approximate surface area is 151 Å². The van der Waals surface area contributed by atoms with E-state index in [1.54, 1.807) is 31.2 Å². The predicted octanol–water partition coefficient (Wildman–Crippen LogP) is 0.622. The lowest BCUT2D eigenvalue weighted by atomic mass is 10.2. The summed E-state index contributed by atoms with van der Waals surface area (Å²) >= 11 is 0. The second-order valence-electron chi connectivity index (χ2n) is 5.31. The van der Waals surface area contributed by atoms with E-state index in [1.165, 1.54) is 18.9 Å². The van der Waals surface area contributed by atoms with E-state index in [2.05, 4.69) is 15.4 Å². The Morgan fingerprint density at radius 3 is 2.08 bits per heavy atom. The quantitative estimate of drug-likeness (QED) is 0.620. The number of benzene rings is 1. The number of esters is 1. The summed E-state index contributed by atoms with van der Waals surface area (Å²) in [5.41, 5.74) is 1.14. The Kier molecular flexibility index (Phi) is 8.79. The minimum absolute atomic E-state index is 0.176. The lowest BCUT2D eigenvalue weighted by molar-refractivity contribution is -0.155. The van der Waals surface area contributed by atoms with E-state index in [1.807, 2.05) is 0 Å². The molecule has 9 nitrogen and oxygen atoms in total. The maximum atomic E-state index is 12.1. The van der Waals surface area contributed by atoms with Crippen molar-refractivity contribution in [2.75, 3.05) is 44.0 Å². The van der Waals surface area contributed by atoms with E-state index in [0.29, 0.717) is 11.4 Å². The Bertz CT molecular complexity index is 644. The zero-order valence-corrected chi connectivity index (χ0v) is 15.0. The molecule has 9 heteroatoms. The first kappa shape index (κ1) is 21.1. The molecule has 3 amide bonds. The molecule has 1 rings (SSSR count). The third-order valence-electron chi connectivity index (χ3n) is 3.18. The fourth-order valence-corrected chi connectivity index (χ4v) is 1.98. The maximum Gasteiger partial charge on any atom is 0.332 e. The second kappa shape index (κ2) is 10.8. The summed E-state index contributed by atoms with van der Waals surface area (Å²) in [6.07, 6.45) is 0. The Balaban J connectivity index is 2.51. The molecule has 0 fully saturated rings. The molecule has 0 radical (unpaired) electrons. The number of carbonyl (C=O) groups excluding carboxylic acids is 4. The molecule has 0 unspecified atom stereocenters. The van der Waals surface area contributed by atoms with Crippen molar-refractivity contribution >= 4 is 35.1 Å². The molecule has 0 aliphatic rings. The van der Waals surface area contributed by atoms with Gasteiger partial charge < -0.3 is 25.0 Å². The predicted molar refractivity (Wildman–Crippen MR) is 94.5 cm³/mol. The van der Waals surface area contributed by atoms with Gasteiger partial charge in [-0.05, 0) is 31.2 Å². The Hall–Kier alpha value is -2.94. The van der Waals surface area contributed by atoms with Crippen molar-refractivity contribution in [2.45, 2.75) is 13.8 Å². The Morgan fingerprint density at radius 1 is 1.00 bits per heavy atom. The maximum absolute atomic E-state index is 12.1. The highest BCUT2D eigenvalue weighted by Gasteiger charge is 2.17. The molecule has 0 bridgehead atoms. The fraction of sp³-hybridized carbons (Fsp3) is 0.412. The molecule has 0 heterocycles. The van der Waals surface area contributed by atoms with Crippen LogP contribution in [0.1, 0.15) is 13.8 Å². The monoisotopic (exact) mass is 365 g/mol. The van der Waals surface area contributed by atoms with Gasteiger partial charge in [0.2, 0.25) is 11.8 Å². The number of rotatable bonds is 9. The van der Waals surface area contributed by atoms with Crippen LogP contribution in [0.2, 0.25) is 0 Å². The van der Waals surface area contributed by atoms with Gasteiger partial charge in [0.15, 0.2) is 6.61 Å². The van der Waals surface area contributed by atoms with Gasteiger partial charge in [-0.2, -0.15) is 0 Å². The largest absolute Gasteiger partial charge is 0.454 e. The zero-order valence-electron chi connectivity index (χ0n) is 15.0. The number of ether oxygens (including phenoxy) is 2. The van der Waals surface area contributed by atoms with Crippen LogP contribution in [0.15, 0.2) is 24.3 Å². The molecule has 0 atom stereocenters. The molecular weight excluding hydrogens is 342 g/mol. The normalized spacial score (nSPS) is 9.96. The number of carbonyl (C=O) groups is 4. The Morgan fingerprint density at radius 2 is 1.58 bits per heavy atom. The highest BCUT2D eigenvalue weighted by atomic mass is 16.6. The smallest absolute Gasteiger partial charge is 0.332 e. The van der Waals surface area contributed by atoms with Gasteiger partial charge in [-0.1, -0.05) is 0 Å². The van der Waals surface area contributed by atoms with Crippen molar-refractivity contribution in [3.8, 4) is 0 Å². The first-order chi connectivity index (χ1) is 12.3. The molecule has 1 aromatic rings. The summed E-state index contributed by atoms with van der Waals surface area (Å²) in [6, 6.07) is 6.56. The number of nitrogens with zero attached hydrogens (tertiary/aromatic N) is 1. The molecule has 26 heavy (non-hydrogen) atoms. The SMILES string of the molecule is CCN(CC(=O)Nc1ccc(NC(C)=O)cc1)C(=O)COC(=O)COC. The van der Waals surface area contributed by atoms with E-state index >= 15 is 0 Å². The van der Waals surface area contributed by atoms with Gasteiger partial charge in [-0.3, -0.25) is 14.4 Å². The zero-order chi connectivity index (χ0) is 19.5. The number of anilines is 2. The van der Waals surface area contributed by atoms with Crippen LogP contribution < -0.4 is 10.6 Å². The van der Waals surface area contributed by atoms with Crippen LogP contribution in [0.5, 0.6) is 0 Å². The third-order valence-corrected chi connectivity index (χ3v) is 3.18. The summed E-state index contributed by atoms with van der Waals surface area (Å²) < 4.78 is 9.35. The molecule has 0 aliphatic heterocycles. The fourth-order valence-electron chi connectivity index (χ4n) is 1.98. The van der Waals surface area contributed by atoms with Gasteiger partial charge in [0.05, 0.1) is 6.54 Å². The number of nitrogens with one attached hydrogen (secondary N) is 2. The number of methoxy groups -OCH3 is 1. The molecule has 1 aromatic carbocycles. The van der Waals surface area contributed by atoms with Crippen LogP contribution >= 0.6 is 0 Å². The van der Waals surface area contributed by atoms with E-state index in [9.17, 15) is 19.2 Å². The van der Waals surface area contributed by atoms with Crippen LogP contribution in [0.25, 0.3) is 0 Å². The first-order valence-corrected chi connectivity index (χ1v) is 7.95. The van der Waals surface area contributed by atoms with Crippen LogP contribution in [-0.4, -0.2) is 62.0 Å². The minimum Gasteiger partial charge on any atom is -0.454 e. The van der Waals surface area contributed by atoms with Crippen molar-refractivity contribution in [2.24, 2.45) is 0 Å². The van der Waals surface area contributed by atoms with E-state index in [-0.39, 0.29) is 25.6 Å². The third kappa shape index (κ3) is 7.75. The molecule has 0 aromatic heterocycles. The molecule has 0 spiro atoms. The molecular formula is C17H23N3O6. The van der Waals surface area contributed by atoms with Crippen LogP contribution in [0, 0.1) is 0 Å². The standard InChI is InChI=1S/C17H23N3O6/c1-4-20(16(23)10-26-17(24)11-25-3)9-15(22)19-14-7-5-13(6-8-14)18-12(2)21/h5-8H,4,9-11H2,1-3H3,(H,18,21)(H,19,22). The van der Waals surface area contributed by atoms with E-state index < -0.39 is 24.4 Å². The minimum atomic E-state index is -0.652. The number of amides is 3. The van der Waals surface area contributed by atoms with Gasteiger partial charge in [0, 0.05) is 32.0 Å². The second-order valence-corrected chi connectivity index (χ2v) is 5.31. The van der Waals surface area contributed by atoms with Crippen molar-refractivity contribution in [3.05, 3.63) is 24.3 Å². The summed E-state index contributed by atoms with van der Waals surface area (Å²) in [7, 11) is 1.34. The summed E-state index contributed by atoms with van der Waals surface area (Å²) in [5.74, 6) is -1.71. The molecule has 0 saturated heterocycles. The van der Waals surface area contributed by atoms with Crippen molar-refractivity contribution in [1.82, 2.24) is 4.90 Å². The van der Waals surface area contributed by atoms with Crippen LogP contribution in [0.3, 0.4) is 0 Å². The lowest BCUT2D eigenvalue weighted by Gasteiger charge is -2.20. The summed E-state index contributed by atoms with van der Waals surface area (Å²) in [6.45, 7) is 2.53. The number of hydrogen-bond donors (Lipinski definition) is 2. The molecule has 142 valence electrons. The molecule has 0 aliphatic carbocycles. The van der Waals surface area contributed by atoms with Gasteiger partial charge in [0.25, 0.3) is 5.91 Å². The highest BCUT2D eigenvalue weighted by molar-refractivity contribution is 5.95. The van der Waals surface area contributed by atoms with Crippen LogP contribution in [-0.2, 0) is 28.7 Å². The number of hydrogen-bond acceptors (Lipinski definition) is 6. The average molecular weight is 365 g/mol. The topological polar surface area (TPSA) is 114 Å². The van der Waals surface area contributed by atoms with Gasteiger partial charge in [0.1, 0.15) is 6.61 Å². The highest BCUT2D eigenvalue weighted by Crippen LogP contribution is 2.13. The van der Waals surface area contributed by atoms with Crippen molar-refractivity contribution in [1.29, 1.82) is 0 Å². The summed E-state index contributed by atoms with van der Waals surface area (Å²) in [5, 5.41) is 5.27. The summed E-state index contributed by atoms with van der Waals surface area (Å²) in [4.78, 5) is 47.5. The first-order valence-electron chi connectivity index (χ1n) is 7.95. The van der Waals surface area contributed by atoms with Gasteiger partial charge in [-0.15, -0.1) is 0 Å². The van der Waals surface area contributed by atoms with Crippen molar-refractivity contribution < 1.29 is 28.7 Å². The van der Waals surface area contributed by atoms with Crippen LogP contribution in [0.4, 0.5) is 11.4 Å². The molecule has 0 saturated carbocycles. The van der Waals surface area contributed by atoms with Gasteiger partial charge >= 0.3 is 5.97 Å².